The molecule has 0 aliphatic rings. The van der Waals surface area contributed by atoms with Crippen LogP contribution < -0.4 is 5.56 Å². The van der Waals surface area contributed by atoms with Gasteiger partial charge in [-0.25, -0.2) is 4.98 Å². The Labute approximate surface area is 140 Å². The number of nitrogens with one attached hydrogen (secondary N) is 1. The van der Waals surface area contributed by atoms with Crippen LogP contribution in [0.2, 0.25) is 0 Å². The van der Waals surface area contributed by atoms with Crippen molar-refractivity contribution in [2.45, 2.75) is 39.2 Å². The summed E-state index contributed by atoms with van der Waals surface area (Å²) in [4.78, 5) is 33.3. The molecule has 6 heteroatoms. The van der Waals surface area contributed by atoms with E-state index in [1.807, 2.05) is 13.0 Å². The largest absolute Gasteiger partial charge is 0.332 e. The van der Waals surface area contributed by atoms with Crippen molar-refractivity contribution in [3.8, 4) is 0 Å². The number of para-hydroxylation sites is 1. The SMILES string of the molecule is CCCCCN(C(=O)CCl)[C@H](C)c1nc2ccccc2c(=O)[nH]1. The molecule has 2 rings (SSSR count). The van der Waals surface area contributed by atoms with Crippen LogP contribution in [0.15, 0.2) is 29.1 Å². The molecule has 0 aliphatic carbocycles. The summed E-state index contributed by atoms with van der Waals surface area (Å²) in [5, 5.41) is 0.546. The maximum Gasteiger partial charge on any atom is 0.258 e. The van der Waals surface area contributed by atoms with Gasteiger partial charge in [-0.2, -0.15) is 0 Å². The predicted octanol–water partition coefficient (Wildman–Crippen LogP) is 3.24. The van der Waals surface area contributed by atoms with E-state index in [2.05, 4.69) is 16.9 Å². The third kappa shape index (κ3) is 4.10. The number of halogens is 1. The van der Waals surface area contributed by atoms with Gasteiger partial charge in [0.2, 0.25) is 5.91 Å². The smallest absolute Gasteiger partial charge is 0.258 e. The number of H-pyrrole nitrogens is 1. The Morgan fingerprint density at radius 1 is 1.35 bits per heavy atom. The summed E-state index contributed by atoms with van der Waals surface area (Å²) in [6, 6.07) is 6.85. The summed E-state index contributed by atoms with van der Waals surface area (Å²) in [6.45, 7) is 4.58. The highest BCUT2D eigenvalue weighted by molar-refractivity contribution is 6.27. The quantitative estimate of drug-likeness (QED) is 0.624. The third-order valence-corrected chi connectivity index (χ3v) is 4.16. The average Bonchev–Trinajstić information content (AvgIpc) is 2.57. The third-order valence-electron chi connectivity index (χ3n) is 3.93. The molecular formula is C17H22ClN3O2. The molecule has 0 aliphatic heterocycles. The highest BCUT2D eigenvalue weighted by atomic mass is 35.5. The van der Waals surface area contributed by atoms with Gasteiger partial charge in [0.1, 0.15) is 11.7 Å². The standard InChI is InChI=1S/C17H22ClN3O2/c1-3-4-7-10-21(15(22)11-18)12(2)16-19-14-9-6-5-8-13(14)17(23)20-16/h5-6,8-9,12H,3-4,7,10-11H2,1-2H3,(H,19,20,23)/t12-/m1/s1. The molecule has 2 aromatic rings. The Morgan fingerprint density at radius 2 is 2.09 bits per heavy atom. The number of hydrogen-bond donors (Lipinski definition) is 1. The lowest BCUT2D eigenvalue weighted by atomic mass is 10.2. The summed E-state index contributed by atoms with van der Waals surface area (Å²) in [5.74, 6) is 0.267. The molecule has 0 unspecified atom stereocenters. The molecule has 0 bridgehead atoms. The van der Waals surface area contributed by atoms with Crippen LogP contribution in [0.25, 0.3) is 10.9 Å². The van der Waals surface area contributed by atoms with Gasteiger partial charge in [-0.1, -0.05) is 31.9 Å². The highest BCUT2D eigenvalue weighted by Gasteiger charge is 2.22. The number of amides is 1. The number of carbonyl (C=O) groups excluding carboxylic acids is 1. The van der Waals surface area contributed by atoms with Gasteiger partial charge in [0.05, 0.1) is 16.9 Å². The first-order valence-corrected chi connectivity index (χ1v) is 8.46. The van der Waals surface area contributed by atoms with Crippen LogP contribution in [0.5, 0.6) is 0 Å². The molecular weight excluding hydrogens is 314 g/mol. The molecule has 0 saturated heterocycles. The molecule has 1 atom stereocenters. The number of hydrogen-bond acceptors (Lipinski definition) is 3. The van der Waals surface area contributed by atoms with Crippen LogP contribution in [0, 0.1) is 0 Å². The Bertz CT molecular complexity index is 729. The van der Waals surface area contributed by atoms with Crippen LogP contribution in [-0.2, 0) is 4.79 Å². The molecule has 0 saturated carbocycles. The van der Waals surface area contributed by atoms with Crippen molar-refractivity contribution in [3.05, 3.63) is 40.4 Å². The van der Waals surface area contributed by atoms with Crippen molar-refractivity contribution in [3.63, 3.8) is 0 Å². The van der Waals surface area contributed by atoms with Gasteiger partial charge in [-0.3, -0.25) is 9.59 Å². The zero-order chi connectivity index (χ0) is 16.8. The van der Waals surface area contributed by atoms with Gasteiger partial charge in [-0.15, -0.1) is 11.6 Å². The Morgan fingerprint density at radius 3 is 2.78 bits per heavy atom. The fraction of sp³-hybridized carbons (Fsp3) is 0.471. The number of benzene rings is 1. The number of unbranched alkanes of at least 4 members (excludes halogenated alkanes) is 2. The minimum atomic E-state index is -0.324. The zero-order valence-corrected chi connectivity index (χ0v) is 14.3. The van der Waals surface area contributed by atoms with Crippen molar-refractivity contribution in [1.29, 1.82) is 0 Å². The first kappa shape index (κ1) is 17.5. The topological polar surface area (TPSA) is 66.1 Å². The van der Waals surface area contributed by atoms with Crippen LogP contribution in [0.1, 0.15) is 45.0 Å². The molecule has 1 amide bonds. The second-order valence-electron chi connectivity index (χ2n) is 5.57. The first-order chi connectivity index (χ1) is 11.1. The number of nitrogens with zero attached hydrogens (tertiary/aromatic N) is 2. The van der Waals surface area contributed by atoms with Crippen LogP contribution in [0.4, 0.5) is 0 Å². The van der Waals surface area contributed by atoms with E-state index in [1.165, 1.54) is 0 Å². The first-order valence-electron chi connectivity index (χ1n) is 7.92. The van der Waals surface area contributed by atoms with Crippen molar-refractivity contribution < 1.29 is 4.79 Å². The van der Waals surface area contributed by atoms with Gasteiger partial charge in [0.25, 0.3) is 5.56 Å². The Kier molecular flexibility index (Phi) is 6.16. The predicted molar refractivity (Wildman–Crippen MR) is 92.7 cm³/mol. The minimum absolute atomic E-state index is 0.0751. The maximum atomic E-state index is 12.2. The van der Waals surface area contributed by atoms with Gasteiger partial charge in [0.15, 0.2) is 0 Å². The van der Waals surface area contributed by atoms with Crippen molar-refractivity contribution in [2.75, 3.05) is 12.4 Å². The fourth-order valence-corrected chi connectivity index (χ4v) is 2.75. The summed E-state index contributed by atoms with van der Waals surface area (Å²) in [7, 11) is 0. The molecule has 0 fully saturated rings. The second-order valence-corrected chi connectivity index (χ2v) is 5.84. The van der Waals surface area contributed by atoms with E-state index < -0.39 is 0 Å². The molecule has 23 heavy (non-hydrogen) atoms. The lowest BCUT2D eigenvalue weighted by Gasteiger charge is -2.28. The number of carbonyl (C=O) groups is 1. The number of rotatable bonds is 7. The van der Waals surface area contributed by atoms with E-state index in [-0.39, 0.29) is 23.4 Å². The average molecular weight is 336 g/mol. The van der Waals surface area contributed by atoms with Crippen LogP contribution >= 0.6 is 11.6 Å². The van der Waals surface area contributed by atoms with E-state index in [1.54, 1.807) is 23.1 Å². The number of aromatic nitrogens is 2. The summed E-state index contributed by atoms with van der Waals surface area (Å²) in [5.41, 5.74) is 0.439. The van der Waals surface area contributed by atoms with Gasteiger partial charge < -0.3 is 9.88 Å². The fourth-order valence-electron chi connectivity index (χ4n) is 2.59. The molecule has 0 radical (unpaired) electrons. The van der Waals surface area contributed by atoms with Crippen molar-refractivity contribution >= 4 is 28.4 Å². The highest BCUT2D eigenvalue weighted by Crippen LogP contribution is 2.19. The van der Waals surface area contributed by atoms with Crippen molar-refractivity contribution in [2.24, 2.45) is 0 Å². The van der Waals surface area contributed by atoms with E-state index >= 15 is 0 Å². The lowest BCUT2D eigenvalue weighted by Crippen LogP contribution is -2.36. The van der Waals surface area contributed by atoms with E-state index in [0.29, 0.717) is 23.3 Å². The molecule has 1 N–H and O–H groups in total. The molecule has 1 aromatic carbocycles. The Hall–Kier alpha value is -1.88. The molecule has 1 heterocycles. The molecule has 124 valence electrons. The zero-order valence-electron chi connectivity index (χ0n) is 13.5. The summed E-state index contributed by atoms with van der Waals surface area (Å²) in [6.07, 6.45) is 3.02. The van der Waals surface area contributed by atoms with Gasteiger partial charge >= 0.3 is 0 Å². The maximum absolute atomic E-state index is 12.2. The van der Waals surface area contributed by atoms with E-state index in [9.17, 15) is 9.59 Å². The normalized spacial score (nSPS) is 12.3. The van der Waals surface area contributed by atoms with E-state index in [0.717, 1.165) is 19.3 Å². The van der Waals surface area contributed by atoms with E-state index in [4.69, 9.17) is 11.6 Å². The summed E-state index contributed by atoms with van der Waals surface area (Å²) >= 11 is 5.73. The minimum Gasteiger partial charge on any atom is -0.332 e. The number of alkyl halides is 1. The summed E-state index contributed by atoms with van der Waals surface area (Å²) < 4.78 is 0. The van der Waals surface area contributed by atoms with Crippen LogP contribution in [-0.4, -0.2) is 33.2 Å². The monoisotopic (exact) mass is 335 g/mol. The molecule has 1 aromatic heterocycles. The number of fused-ring (bicyclic) bond motifs is 1. The lowest BCUT2D eigenvalue weighted by molar-refractivity contribution is -0.130. The second kappa shape index (κ2) is 8.11. The Balaban J connectivity index is 2.33. The molecule has 5 nitrogen and oxygen atoms in total. The van der Waals surface area contributed by atoms with Gasteiger partial charge in [0, 0.05) is 6.54 Å². The van der Waals surface area contributed by atoms with Crippen molar-refractivity contribution in [1.82, 2.24) is 14.9 Å². The van der Waals surface area contributed by atoms with Gasteiger partial charge in [-0.05, 0) is 25.5 Å². The van der Waals surface area contributed by atoms with Crippen LogP contribution in [0.3, 0.4) is 0 Å². The molecule has 0 spiro atoms. The number of aromatic amines is 1.